The van der Waals surface area contributed by atoms with E-state index in [1.54, 1.807) is 0 Å². The second kappa shape index (κ2) is 11.2. The minimum atomic E-state index is -5.89. The normalized spacial score (nSPS) is 18.4. The molecular weight excluding hydrogens is 594 g/mol. The van der Waals surface area contributed by atoms with E-state index in [1.807, 2.05) is 0 Å². The standard InChI is InChI=1S/C27H26F6N2O6S/c1-14(36)35-11-10-17-12-19(42(40,41)13-15-2-3-15)8-9-20(17)22(35)24(37)34-18-6-4-16(5-7-18)21(25(38)39)23(26(28,29)30)27(31,32)33/h4-9,12,15,21-23H,2-3,10-11,13H2,1H3,(H,34,37)(H,38,39). The first kappa shape index (κ1) is 31.3. The Labute approximate surface area is 236 Å². The van der Waals surface area contributed by atoms with E-state index < -0.39 is 63.4 Å². The van der Waals surface area contributed by atoms with Gasteiger partial charge in [0.05, 0.1) is 10.6 Å². The van der Waals surface area contributed by atoms with Crippen molar-refractivity contribution in [1.29, 1.82) is 0 Å². The quantitative estimate of drug-likeness (QED) is 0.407. The molecule has 4 rings (SSSR count). The van der Waals surface area contributed by atoms with Crippen molar-refractivity contribution in [3.05, 3.63) is 59.2 Å². The van der Waals surface area contributed by atoms with Crippen molar-refractivity contribution in [1.82, 2.24) is 4.90 Å². The van der Waals surface area contributed by atoms with Crippen molar-refractivity contribution in [2.24, 2.45) is 11.8 Å². The number of hydrogen-bond donors (Lipinski definition) is 2. The molecule has 15 heteroatoms. The van der Waals surface area contributed by atoms with E-state index in [9.17, 15) is 54.3 Å². The Bertz CT molecular complexity index is 1470. The monoisotopic (exact) mass is 620 g/mol. The summed E-state index contributed by atoms with van der Waals surface area (Å²) in [4.78, 5) is 38.6. The molecule has 1 aliphatic heterocycles. The minimum absolute atomic E-state index is 0.0146. The number of anilines is 1. The molecule has 42 heavy (non-hydrogen) atoms. The van der Waals surface area contributed by atoms with Gasteiger partial charge in [0.1, 0.15) is 12.0 Å². The maximum atomic E-state index is 13.4. The van der Waals surface area contributed by atoms with Crippen LogP contribution >= 0.6 is 0 Å². The third-order valence-corrected chi connectivity index (χ3v) is 9.23. The van der Waals surface area contributed by atoms with Crippen LogP contribution in [0.5, 0.6) is 0 Å². The summed E-state index contributed by atoms with van der Waals surface area (Å²) in [5.41, 5.74) is 0.0331. The molecule has 0 radical (unpaired) electrons. The summed E-state index contributed by atoms with van der Waals surface area (Å²) in [6.45, 7) is 1.32. The Morgan fingerprint density at radius 1 is 1.00 bits per heavy atom. The molecule has 0 bridgehead atoms. The molecule has 2 aliphatic rings. The Balaban J connectivity index is 1.61. The van der Waals surface area contributed by atoms with Gasteiger partial charge >= 0.3 is 18.3 Å². The van der Waals surface area contributed by atoms with Crippen LogP contribution in [0.2, 0.25) is 0 Å². The van der Waals surface area contributed by atoms with Gasteiger partial charge in [-0.3, -0.25) is 14.4 Å². The number of alkyl halides is 6. The van der Waals surface area contributed by atoms with Gasteiger partial charge in [-0.1, -0.05) is 18.2 Å². The third-order valence-electron chi connectivity index (χ3n) is 7.35. The Kier molecular flexibility index (Phi) is 8.37. The molecule has 2 N–H and O–H groups in total. The van der Waals surface area contributed by atoms with Crippen LogP contribution in [0.3, 0.4) is 0 Å². The van der Waals surface area contributed by atoms with E-state index >= 15 is 0 Å². The highest BCUT2D eigenvalue weighted by molar-refractivity contribution is 7.91. The Morgan fingerprint density at radius 2 is 1.60 bits per heavy atom. The number of carboxylic acid groups (broad SMARTS) is 1. The fourth-order valence-corrected chi connectivity index (χ4v) is 6.88. The van der Waals surface area contributed by atoms with Gasteiger partial charge in [-0.2, -0.15) is 26.3 Å². The van der Waals surface area contributed by atoms with Gasteiger partial charge in [0.2, 0.25) is 5.91 Å². The zero-order valence-corrected chi connectivity index (χ0v) is 22.8. The fraction of sp³-hybridized carbons (Fsp3) is 0.444. The number of carbonyl (C=O) groups excluding carboxylic acids is 2. The predicted octanol–water partition coefficient (Wildman–Crippen LogP) is 4.86. The summed E-state index contributed by atoms with van der Waals surface area (Å²) >= 11 is 0. The molecule has 2 aromatic rings. The number of nitrogens with one attached hydrogen (secondary N) is 1. The minimum Gasteiger partial charge on any atom is -0.481 e. The van der Waals surface area contributed by atoms with E-state index in [-0.39, 0.29) is 35.2 Å². The number of nitrogens with zero attached hydrogens (tertiary/aromatic N) is 1. The first-order valence-electron chi connectivity index (χ1n) is 12.8. The summed E-state index contributed by atoms with van der Waals surface area (Å²) in [5, 5.41) is 11.7. The third kappa shape index (κ3) is 6.71. The van der Waals surface area contributed by atoms with Gasteiger partial charge < -0.3 is 15.3 Å². The fourth-order valence-electron chi connectivity index (χ4n) is 5.14. The van der Waals surface area contributed by atoms with Crippen LogP contribution in [-0.2, 0) is 30.6 Å². The number of amides is 2. The molecule has 2 unspecified atom stereocenters. The summed E-state index contributed by atoms with van der Waals surface area (Å²) < 4.78 is 105. The van der Waals surface area contributed by atoms with Crippen molar-refractivity contribution in [3.8, 4) is 0 Å². The van der Waals surface area contributed by atoms with Crippen molar-refractivity contribution in [2.75, 3.05) is 17.6 Å². The molecule has 0 spiro atoms. The van der Waals surface area contributed by atoms with Gasteiger partial charge in [0, 0.05) is 19.2 Å². The molecule has 2 amide bonds. The highest BCUT2D eigenvalue weighted by atomic mass is 32.2. The van der Waals surface area contributed by atoms with Crippen LogP contribution in [0, 0.1) is 11.8 Å². The molecule has 0 aromatic heterocycles. The van der Waals surface area contributed by atoms with Crippen LogP contribution in [-0.4, -0.2) is 60.9 Å². The lowest BCUT2D eigenvalue weighted by Crippen LogP contribution is -2.44. The first-order valence-corrected chi connectivity index (χ1v) is 14.4. The van der Waals surface area contributed by atoms with E-state index in [0.29, 0.717) is 11.1 Å². The van der Waals surface area contributed by atoms with E-state index in [4.69, 9.17) is 0 Å². The molecule has 0 saturated heterocycles. The Hall–Kier alpha value is -3.62. The average Bonchev–Trinajstić information content (AvgIpc) is 3.68. The first-order chi connectivity index (χ1) is 19.4. The van der Waals surface area contributed by atoms with Gasteiger partial charge in [0.15, 0.2) is 15.8 Å². The molecule has 1 heterocycles. The Morgan fingerprint density at radius 3 is 2.10 bits per heavy atom. The number of rotatable bonds is 8. The van der Waals surface area contributed by atoms with Crippen molar-refractivity contribution >= 4 is 33.3 Å². The predicted molar refractivity (Wildman–Crippen MR) is 136 cm³/mol. The maximum absolute atomic E-state index is 13.4. The molecule has 1 saturated carbocycles. The van der Waals surface area contributed by atoms with Gasteiger partial charge in [-0.15, -0.1) is 0 Å². The number of carbonyl (C=O) groups is 3. The zero-order chi connectivity index (χ0) is 31.2. The molecule has 2 aromatic carbocycles. The average molecular weight is 621 g/mol. The van der Waals surface area contributed by atoms with Crippen LogP contribution in [0.1, 0.15) is 48.4 Å². The SMILES string of the molecule is CC(=O)N1CCc2cc(S(=O)(=O)CC3CC3)ccc2C1C(=O)Nc1ccc(C(C(=O)O)C(C(F)(F)F)C(F)(F)F)cc1. The lowest BCUT2D eigenvalue weighted by molar-refractivity contribution is -0.290. The number of hydrogen-bond acceptors (Lipinski definition) is 5. The summed E-state index contributed by atoms with van der Waals surface area (Å²) in [7, 11) is -3.55. The second-order valence-corrected chi connectivity index (χ2v) is 12.5. The summed E-state index contributed by atoms with van der Waals surface area (Å²) in [5.74, 6) is -10.6. The molecule has 2 atom stereocenters. The number of fused-ring (bicyclic) bond motifs is 1. The zero-order valence-electron chi connectivity index (χ0n) is 22.0. The van der Waals surface area contributed by atoms with Crippen LogP contribution in [0.25, 0.3) is 0 Å². The van der Waals surface area contributed by atoms with Gasteiger partial charge in [-0.05, 0) is 66.1 Å². The van der Waals surface area contributed by atoms with Crippen molar-refractivity contribution in [2.45, 2.75) is 55.4 Å². The highest BCUT2D eigenvalue weighted by Gasteiger charge is 2.62. The van der Waals surface area contributed by atoms with Crippen molar-refractivity contribution in [3.63, 3.8) is 0 Å². The number of halogens is 6. The molecule has 228 valence electrons. The van der Waals surface area contributed by atoms with E-state index in [1.165, 1.54) is 30.0 Å². The van der Waals surface area contributed by atoms with Crippen LogP contribution in [0.4, 0.5) is 32.0 Å². The molecule has 1 aliphatic carbocycles. The number of benzene rings is 2. The lowest BCUT2D eigenvalue weighted by atomic mass is 9.84. The topological polar surface area (TPSA) is 121 Å². The maximum Gasteiger partial charge on any atom is 0.401 e. The smallest absolute Gasteiger partial charge is 0.401 e. The number of carboxylic acids is 1. The van der Waals surface area contributed by atoms with Crippen LogP contribution < -0.4 is 5.32 Å². The van der Waals surface area contributed by atoms with Gasteiger partial charge in [-0.25, -0.2) is 8.42 Å². The second-order valence-electron chi connectivity index (χ2n) is 10.4. The summed E-state index contributed by atoms with van der Waals surface area (Å²) in [6, 6.07) is 6.48. The molecule has 1 fully saturated rings. The largest absolute Gasteiger partial charge is 0.481 e. The number of aliphatic carboxylic acids is 1. The van der Waals surface area contributed by atoms with Crippen molar-refractivity contribution < 1.29 is 54.3 Å². The van der Waals surface area contributed by atoms with E-state index in [2.05, 4.69) is 5.32 Å². The summed E-state index contributed by atoms with van der Waals surface area (Å²) in [6.07, 6.45) is -9.84. The molecule has 8 nitrogen and oxygen atoms in total. The van der Waals surface area contributed by atoms with E-state index in [0.717, 1.165) is 37.1 Å². The number of sulfone groups is 1. The van der Waals surface area contributed by atoms with Crippen LogP contribution in [0.15, 0.2) is 47.4 Å². The lowest BCUT2D eigenvalue weighted by Gasteiger charge is -2.36. The molecular formula is C27H26F6N2O6S. The highest BCUT2D eigenvalue weighted by Crippen LogP contribution is 2.48. The van der Waals surface area contributed by atoms with Gasteiger partial charge in [0.25, 0.3) is 5.91 Å².